The van der Waals surface area contributed by atoms with E-state index in [1.54, 1.807) is 41.3 Å². The molecule has 2 aromatic rings. The molecule has 0 spiro atoms. The van der Waals surface area contributed by atoms with Crippen LogP contribution in [-0.4, -0.2) is 25.5 Å². The van der Waals surface area contributed by atoms with Crippen LogP contribution in [0.25, 0.3) is 0 Å². The summed E-state index contributed by atoms with van der Waals surface area (Å²) in [5, 5.41) is 3.65. The van der Waals surface area contributed by atoms with Gasteiger partial charge in [0.05, 0.1) is 23.4 Å². The smallest absolute Gasteiger partial charge is 0.257 e. The standard InChI is InChI=1S/C18H16Cl2N2O3/c1-25-16-7-5-12(10-14(16)20)21-18(24)13-6-4-11(19)9-15(13)22-8-2-3-17(22)23/h4-7,9-10H,2-3,8H2,1H3,(H,21,24). The Kier molecular flexibility index (Phi) is 5.16. The van der Waals surface area contributed by atoms with Crippen molar-refractivity contribution in [1.29, 1.82) is 0 Å². The molecule has 0 aromatic heterocycles. The van der Waals surface area contributed by atoms with Crippen molar-refractivity contribution in [1.82, 2.24) is 0 Å². The van der Waals surface area contributed by atoms with Crippen LogP contribution in [0.15, 0.2) is 36.4 Å². The van der Waals surface area contributed by atoms with Gasteiger partial charge in [-0.15, -0.1) is 0 Å². The van der Waals surface area contributed by atoms with Gasteiger partial charge in [0.2, 0.25) is 5.91 Å². The molecule has 1 N–H and O–H groups in total. The number of nitrogens with zero attached hydrogens (tertiary/aromatic N) is 1. The van der Waals surface area contributed by atoms with Crippen molar-refractivity contribution in [3.63, 3.8) is 0 Å². The number of hydrogen-bond acceptors (Lipinski definition) is 3. The van der Waals surface area contributed by atoms with E-state index in [2.05, 4.69) is 5.32 Å². The van der Waals surface area contributed by atoms with E-state index in [-0.39, 0.29) is 11.8 Å². The molecule has 3 rings (SSSR count). The van der Waals surface area contributed by atoms with E-state index in [1.165, 1.54) is 7.11 Å². The fraction of sp³-hybridized carbons (Fsp3) is 0.222. The minimum atomic E-state index is -0.340. The number of anilines is 2. The quantitative estimate of drug-likeness (QED) is 0.858. The predicted molar refractivity (Wildman–Crippen MR) is 99.0 cm³/mol. The van der Waals surface area contributed by atoms with Gasteiger partial charge in [-0.3, -0.25) is 9.59 Å². The van der Waals surface area contributed by atoms with Crippen LogP contribution in [0.1, 0.15) is 23.2 Å². The molecule has 1 saturated heterocycles. The second-order valence-corrected chi connectivity index (χ2v) is 6.46. The van der Waals surface area contributed by atoms with E-state index in [1.807, 2.05) is 0 Å². The van der Waals surface area contributed by atoms with Crippen LogP contribution in [-0.2, 0) is 4.79 Å². The fourth-order valence-electron chi connectivity index (χ4n) is 2.77. The van der Waals surface area contributed by atoms with Gasteiger partial charge in [-0.1, -0.05) is 23.2 Å². The molecule has 0 bridgehead atoms. The summed E-state index contributed by atoms with van der Waals surface area (Å²) in [6.45, 7) is 0.577. The first-order chi connectivity index (χ1) is 12.0. The fourth-order valence-corrected chi connectivity index (χ4v) is 3.19. The Morgan fingerprint density at radius 3 is 2.64 bits per heavy atom. The molecule has 1 heterocycles. The Balaban J connectivity index is 1.89. The largest absolute Gasteiger partial charge is 0.495 e. The number of methoxy groups -OCH3 is 1. The molecule has 1 aliphatic rings. The molecular formula is C18H16Cl2N2O3. The van der Waals surface area contributed by atoms with Crippen LogP contribution in [0, 0.1) is 0 Å². The van der Waals surface area contributed by atoms with E-state index in [0.717, 1.165) is 6.42 Å². The summed E-state index contributed by atoms with van der Waals surface area (Å²) in [5.41, 5.74) is 1.43. The van der Waals surface area contributed by atoms with Gasteiger partial charge >= 0.3 is 0 Å². The molecule has 0 radical (unpaired) electrons. The molecule has 1 fully saturated rings. The first-order valence-corrected chi connectivity index (χ1v) is 8.50. The van der Waals surface area contributed by atoms with Gasteiger partial charge in [-0.05, 0) is 42.8 Å². The summed E-state index contributed by atoms with van der Waals surface area (Å²) in [7, 11) is 1.52. The lowest BCUT2D eigenvalue weighted by Gasteiger charge is -2.20. The number of halogens is 2. The molecule has 0 atom stereocenters. The Morgan fingerprint density at radius 2 is 2.00 bits per heavy atom. The lowest BCUT2D eigenvalue weighted by Crippen LogP contribution is -2.27. The van der Waals surface area contributed by atoms with Crippen LogP contribution < -0.4 is 15.0 Å². The van der Waals surface area contributed by atoms with Gasteiger partial charge < -0.3 is 15.0 Å². The second-order valence-electron chi connectivity index (χ2n) is 5.61. The van der Waals surface area contributed by atoms with Gasteiger partial charge in [0.1, 0.15) is 5.75 Å². The van der Waals surface area contributed by atoms with Crippen molar-refractivity contribution >= 4 is 46.4 Å². The Hall–Kier alpha value is -2.24. The maximum absolute atomic E-state index is 12.7. The van der Waals surface area contributed by atoms with Gasteiger partial charge in [-0.25, -0.2) is 0 Å². The topological polar surface area (TPSA) is 58.6 Å². The van der Waals surface area contributed by atoms with Crippen LogP contribution in [0.4, 0.5) is 11.4 Å². The summed E-state index contributed by atoms with van der Waals surface area (Å²) in [6, 6.07) is 9.85. The van der Waals surface area contributed by atoms with Crippen LogP contribution in [0.5, 0.6) is 5.75 Å². The number of ether oxygens (including phenoxy) is 1. The zero-order valence-corrected chi connectivity index (χ0v) is 15.0. The third kappa shape index (κ3) is 3.72. The lowest BCUT2D eigenvalue weighted by atomic mass is 10.1. The number of hydrogen-bond donors (Lipinski definition) is 1. The van der Waals surface area contributed by atoms with Gasteiger partial charge in [0.25, 0.3) is 5.91 Å². The Bertz CT molecular complexity index is 839. The van der Waals surface area contributed by atoms with Gasteiger partial charge in [0.15, 0.2) is 0 Å². The molecule has 7 heteroatoms. The maximum atomic E-state index is 12.7. The molecule has 5 nitrogen and oxygen atoms in total. The summed E-state index contributed by atoms with van der Waals surface area (Å²) < 4.78 is 5.10. The minimum Gasteiger partial charge on any atom is -0.495 e. The number of rotatable bonds is 4. The number of carbonyl (C=O) groups excluding carboxylic acids is 2. The summed E-state index contributed by atoms with van der Waals surface area (Å²) in [4.78, 5) is 26.4. The van der Waals surface area contributed by atoms with Crippen LogP contribution in [0.2, 0.25) is 10.0 Å². The minimum absolute atomic E-state index is 0.0104. The Labute approximate surface area is 155 Å². The van der Waals surface area contributed by atoms with E-state index in [9.17, 15) is 9.59 Å². The normalized spacial score (nSPS) is 13.9. The molecule has 2 amide bonds. The third-order valence-corrected chi connectivity index (χ3v) is 4.51. The van der Waals surface area contributed by atoms with E-state index >= 15 is 0 Å². The highest BCUT2D eigenvalue weighted by molar-refractivity contribution is 6.32. The molecule has 0 unspecified atom stereocenters. The highest BCUT2D eigenvalue weighted by atomic mass is 35.5. The molecule has 2 aromatic carbocycles. The third-order valence-electron chi connectivity index (χ3n) is 3.98. The molecule has 130 valence electrons. The molecule has 1 aliphatic heterocycles. The van der Waals surface area contributed by atoms with Crippen molar-refractivity contribution < 1.29 is 14.3 Å². The highest BCUT2D eigenvalue weighted by Gasteiger charge is 2.26. The first-order valence-electron chi connectivity index (χ1n) is 7.74. The molecule has 0 saturated carbocycles. The average Bonchev–Trinajstić information content (AvgIpc) is 3.00. The first kappa shape index (κ1) is 17.6. The molecular weight excluding hydrogens is 363 g/mol. The number of nitrogens with one attached hydrogen (secondary N) is 1. The average molecular weight is 379 g/mol. The van der Waals surface area contributed by atoms with Crippen molar-refractivity contribution in [3.05, 3.63) is 52.0 Å². The predicted octanol–water partition coefficient (Wildman–Crippen LogP) is 4.38. The van der Waals surface area contributed by atoms with Crippen LogP contribution in [0.3, 0.4) is 0 Å². The Morgan fingerprint density at radius 1 is 1.20 bits per heavy atom. The molecule has 0 aliphatic carbocycles. The number of amides is 2. The van der Waals surface area contributed by atoms with Gasteiger partial charge in [-0.2, -0.15) is 0 Å². The number of carbonyl (C=O) groups is 2. The second kappa shape index (κ2) is 7.33. The molecule has 25 heavy (non-hydrogen) atoms. The summed E-state index contributed by atoms with van der Waals surface area (Å²) >= 11 is 12.1. The zero-order chi connectivity index (χ0) is 18.0. The van der Waals surface area contributed by atoms with E-state index in [4.69, 9.17) is 27.9 Å². The maximum Gasteiger partial charge on any atom is 0.257 e. The summed E-state index contributed by atoms with van der Waals surface area (Å²) in [5.74, 6) is 0.172. The van der Waals surface area contributed by atoms with Crippen LogP contribution >= 0.6 is 23.2 Å². The van der Waals surface area contributed by atoms with Crippen molar-refractivity contribution in [2.45, 2.75) is 12.8 Å². The monoisotopic (exact) mass is 378 g/mol. The van der Waals surface area contributed by atoms with Gasteiger partial charge in [0, 0.05) is 23.7 Å². The zero-order valence-electron chi connectivity index (χ0n) is 13.5. The lowest BCUT2D eigenvalue weighted by molar-refractivity contribution is -0.117. The van der Waals surface area contributed by atoms with E-state index < -0.39 is 0 Å². The van der Waals surface area contributed by atoms with E-state index in [0.29, 0.717) is 45.7 Å². The summed E-state index contributed by atoms with van der Waals surface area (Å²) in [6.07, 6.45) is 1.24. The SMILES string of the molecule is COc1ccc(NC(=O)c2ccc(Cl)cc2N2CCCC2=O)cc1Cl. The van der Waals surface area contributed by atoms with Crippen molar-refractivity contribution in [2.75, 3.05) is 23.9 Å². The number of benzene rings is 2. The van der Waals surface area contributed by atoms with Crippen molar-refractivity contribution in [3.8, 4) is 5.75 Å². The highest BCUT2D eigenvalue weighted by Crippen LogP contribution is 2.31. The van der Waals surface area contributed by atoms with Crippen molar-refractivity contribution in [2.24, 2.45) is 0 Å².